The van der Waals surface area contributed by atoms with Gasteiger partial charge < -0.3 is 4.98 Å². The molecule has 3 nitrogen and oxygen atoms in total. The lowest BCUT2D eigenvalue weighted by molar-refractivity contribution is 0.861. The van der Waals surface area contributed by atoms with Gasteiger partial charge in [0.2, 0.25) is 0 Å². The van der Waals surface area contributed by atoms with E-state index in [0.29, 0.717) is 10.3 Å². The number of benzene rings is 1. The third-order valence-electron chi connectivity index (χ3n) is 2.52. The number of hydrogen-bond acceptors (Lipinski definition) is 2. The Hall–Kier alpha value is -0.940. The summed E-state index contributed by atoms with van der Waals surface area (Å²) in [6.07, 6.45) is 1.73. The lowest BCUT2D eigenvalue weighted by atomic mass is 10.2. The molecule has 5 heteroatoms. The second-order valence-corrected chi connectivity index (χ2v) is 5.64. The molecule has 0 amide bonds. The van der Waals surface area contributed by atoms with E-state index < -0.39 is 0 Å². The number of aromatic amines is 1. The van der Waals surface area contributed by atoms with E-state index in [1.165, 1.54) is 0 Å². The summed E-state index contributed by atoms with van der Waals surface area (Å²) < 4.78 is 1.49. The largest absolute Gasteiger partial charge is 0.306 e. The molecule has 1 aromatic carbocycles. The normalized spacial score (nSPS) is 10.6. The summed E-state index contributed by atoms with van der Waals surface area (Å²) in [5.74, 6) is 0.605. The van der Waals surface area contributed by atoms with E-state index >= 15 is 0 Å². The summed E-state index contributed by atoms with van der Waals surface area (Å²) in [7, 11) is 0. The summed E-state index contributed by atoms with van der Waals surface area (Å²) in [5, 5.41) is 0. The Balaban J connectivity index is 2.55. The maximum absolute atomic E-state index is 11.8. The van der Waals surface area contributed by atoms with Crippen molar-refractivity contribution in [1.82, 2.24) is 9.97 Å². The van der Waals surface area contributed by atoms with E-state index in [9.17, 15) is 4.79 Å². The van der Waals surface area contributed by atoms with Crippen LogP contribution in [0.1, 0.15) is 19.0 Å². The highest BCUT2D eigenvalue weighted by molar-refractivity contribution is 9.10. The van der Waals surface area contributed by atoms with Crippen LogP contribution in [0.25, 0.3) is 11.4 Å². The number of hydrogen-bond donors (Lipinski definition) is 1. The van der Waals surface area contributed by atoms with Crippen molar-refractivity contribution in [2.75, 3.05) is 0 Å². The molecule has 0 aliphatic rings. The molecule has 0 saturated carbocycles. The Morgan fingerprint density at radius 1 is 1.33 bits per heavy atom. The van der Waals surface area contributed by atoms with E-state index in [0.717, 1.165) is 28.6 Å². The third kappa shape index (κ3) is 2.90. The van der Waals surface area contributed by atoms with Crippen LogP contribution < -0.4 is 5.56 Å². The lowest BCUT2D eigenvalue weighted by Gasteiger charge is -2.06. The molecule has 0 bridgehead atoms. The van der Waals surface area contributed by atoms with Gasteiger partial charge in [-0.25, -0.2) is 4.98 Å². The minimum atomic E-state index is -0.136. The molecule has 94 valence electrons. The smallest absolute Gasteiger partial charge is 0.265 e. The van der Waals surface area contributed by atoms with E-state index in [2.05, 4.69) is 48.8 Å². The number of aromatic nitrogens is 2. The maximum Gasteiger partial charge on any atom is 0.265 e. The molecule has 0 unspecified atom stereocenters. The maximum atomic E-state index is 11.8. The van der Waals surface area contributed by atoms with Gasteiger partial charge in [0, 0.05) is 10.0 Å². The molecule has 0 spiro atoms. The fourth-order valence-corrected chi connectivity index (χ4v) is 2.47. The van der Waals surface area contributed by atoms with Crippen molar-refractivity contribution in [2.45, 2.75) is 19.8 Å². The zero-order valence-electron chi connectivity index (χ0n) is 9.84. The van der Waals surface area contributed by atoms with Crippen LogP contribution in [-0.2, 0) is 6.42 Å². The van der Waals surface area contributed by atoms with Gasteiger partial charge in [0.1, 0.15) is 10.3 Å². The van der Waals surface area contributed by atoms with Gasteiger partial charge in [-0.1, -0.05) is 41.4 Å². The number of aryl methyl sites for hydroxylation is 1. The Bertz CT molecular complexity index is 623. The molecule has 1 heterocycles. The van der Waals surface area contributed by atoms with Gasteiger partial charge >= 0.3 is 0 Å². The fourth-order valence-electron chi connectivity index (χ4n) is 1.68. The monoisotopic (exact) mass is 370 g/mol. The Kier molecular flexibility index (Phi) is 4.35. The van der Waals surface area contributed by atoms with Crippen molar-refractivity contribution in [2.24, 2.45) is 0 Å². The van der Waals surface area contributed by atoms with Gasteiger partial charge in [0.15, 0.2) is 0 Å². The zero-order valence-corrected chi connectivity index (χ0v) is 13.0. The molecular weight excluding hydrogens is 360 g/mol. The van der Waals surface area contributed by atoms with Gasteiger partial charge in [-0.15, -0.1) is 0 Å². The summed E-state index contributed by atoms with van der Waals surface area (Å²) in [6.45, 7) is 2.06. The quantitative estimate of drug-likeness (QED) is 0.888. The highest BCUT2D eigenvalue weighted by Gasteiger charge is 2.09. The Labute approximate surface area is 122 Å². The summed E-state index contributed by atoms with van der Waals surface area (Å²) in [4.78, 5) is 19.1. The van der Waals surface area contributed by atoms with E-state index in [1.54, 1.807) is 0 Å². The number of H-pyrrole nitrogens is 1. The summed E-state index contributed by atoms with van der Waals surface area (Å²) in [6, 6.07) is 7.71. The van der Waals surface area contributed by atoms with Crippen molar-refractivity contribution >= 4 is 31.9 Å². The zero-order chi connectivity index (χ0) is 13.1. The highest BCUT2D eigenvalue weighted by Crippen LogP contribution is 2.21. The van der Waals surface area contributed by atoms with Gasteiger partial charge in [-0.2, -0.15) is 0 Å². The fraction of sp³-hybridized carbons (Fsp3) is 0.231. The first-order valence-corrected chi connectivity index (χ1v) is 7.25. The van der Waals surface area contributed by atoms with Crippen molar-refractivity contribution in [3.63, 3.8) is 0 Å². The van der Waals surface area contributed by atoms with Crippen LogP contribution >= 0.6 is 31.9 Å². The van der Waals surface area contributed by atoms with Gasteiger partial charge in [0.05, 0.1) is 5.69 Å². The number of nitrogens with one attached hydrogen (secondary N) is 1. The molecule has 0 fully saturated rings. The SMILES string of the molecule is CCCc1nc(-c2cccc(Br)c2)[nH]c(=O)c1Br. The first kappa shape index (κ1) is 13.5. The molecule has 0 aliphatic heterocycles. The van der Waals surface area contributed by atoms with Crippen LogP contribution in [0.2, 0.25) is 0 Å². The van der Waals surface area contributed by atoms with Crippen molar-refractivity contribution in [1.29, 1.82) is 0 Å². The topological polar surface area (TPSA) is 45.8 Å². The Morgan fingerprint density at radius 3 is 2.78 bits per heavy atom. The number of halogens is 2. The lowest BCUT2D eigenvalue weighted by Crippen LogP contribution is -2.13. The molecule has 18 heavy (non-hydrogen) atoms. The van der Waals surface area contributed by atoms with E-state index in [1.807, 2.05) is 24.3 Å². The molecule has 0 saturated heterocycles. The van der Waals surface area contributed by atoms with Crippen molar-refractivity contribution in [3.8, 4) is 11.4 Å². The van der Waals surface area contributed by atoms with Crippen LogP contribution in [0.4, 0.5) is 0 Å². The van der Waals surface area contributed by atoms with Crippen LogP contribution in [0.3, 0.4) is 0 Å². The molecule has 0 aliphatic carbocycles. The molecule has 2 aromatic rings. The van der Waals surface area contributed by atoms with Crippen molar-refractivity contribution < 1.29 is 0 Å². The van der Waals surface area contributed by atoms with Crippen LogP contribution in [0.15, 0.2) is 38.0 Å². The average Bonchev–Trinajstić information content (AvgIpc) is 2.35. The van der Waals surface area contributed by atoms with Crippen LogP contribution in [0.5, 0.6) is 0 Å². The molecule has 1 aromatic heterocycles. The minimum Gasteiger partial charge on any atom is -0.306 e. The summed E-state index contributed by atoms with van der Waals surface area (Å²) >= 11 is 6.70. The standard InChI is InChI=1S/C13H12Br2N2O/c1-2-4-10-11(15)13(18)17-12(16-10)8-5-3-6-9(14)7-8/h3,5-7H,2,4H2,1H3,(H,16,17,18). The van der Waals surface area contributed by atoms with E-state index in [4.69, 9.17) is 0 Å². The third-order valence-corrected chi connectivity index (χ3v) is 3.83. The number of nitrogens with zero attached hydrogens (tertiary/aromatic N) is 1. The second kappa shape index (κ2) is 5.80. The average molecular weight is 372 g/mol. The van der Waals surface area contributed by atoms with Crippen LogP contribution in [-0.4, -0.2) is 9.97 Å². The predicted molar refractivity (Wildman–Crippen MR) is 79.7 cm³/mol. The van der Waals surface area contributed by atoms with Gasteiger partial charge in [-0.05, 0) is 34.5 Å². The van der Waals surface area contributed by atoms with Crippen LogP contribution in [0, 0.1) is 0 Å². The predicted octanol–water partition coefficient (Wildman–Crippen LogP) is 3.91. The molecule has 0 radical (unpaired) electrons. The van der Waals surface area contributed by atoms with E-state index in [-0.39, 0.29) is 5.56 Å². The molecule has 0 atom stereocenters. The second-order valence-electron chi connectivity index (χ2n) is 3.94. The van der Waals surface area contributed by atoms with Gasteiger partial charge in [-0.3, -0.25) is 4.79 Å². The molecular formula is C13H12Br2N2O. The molecule has 1 N–H and O–H groups in total. The first-order chi connectivity index (χ1) is 8.61. The Morgan fingerprint density at radius 2 is 2.11 bits per heavy atom. The first-order valence-electron chi connectivity index (χ1n) is 5.66. The molecule has 2 rings (SSSR count). The van der Waals surface area contributed by atoms with Gasteiger partial charge in [0.25, 0.3) is 5.56 Å². The summed E-state index contributed by atoms with van der Waals surface area (Å²) in [5.41, 5.74) is 1.56. The number of rotatable bonds is 3. The highest BCUT2D eigenvalue weighted by atomic mass is 79.9. The van der Waals surface area contributed by atoms with Crippen molar-refractivity contribution in [3.05, 3.63) is 49.3 Å². The minimum absolute atomic E-state index is 0.136.